The van der Waals surface area contributed by atoms with Crippen molar-refractivity contribution in [1.29, 1.82) is 0 Å². The molecule has 1 fully saturated rings. The van der Waals surface area contributed by atoms with E-state index in [2.05, 4.69) is 15.4 Å². The molecule has 2 aromatic heterocycles. The minimum atomic E-state index is -4.73. The van der Waals surface area contributed by atoms with Crippen LogP contribution < -0.4 is 5.32 Å². The van der Waals surface area contributed by atoms with Crippen LogP contribution in [-0.4, -0.2) is 68.2 Å². The number of aromatic nitrogens is 3. The normalized spacial score (nSPS) is 16.8. The molecule has 4 rings (SSSR count). The van der Waals surface area contributed by atoms with Gasteiger partial charge in [-0.3, -0.25) is 14.5 Å². The lowest BCUT2D eigenvalue weighted by molar-refractivity contribution is -0.138. The molecule has 0 aliphatic carbocycles. The first-order valence-corrected chi connectivity index (χ1v) is 11.7. The summed E-state index contributed by atoms with van der Waals surface area (Å²) in [7, 11) is 0. The van der Waals surface area contributed by atoms with E-state index in [4.69, 9.17) is 4.42 Å². The number of para-hydroxylation sites is 1. The summed E-state index contributed by atoms with van der Waals surface area (Å²) >= 11 is 0. The van der Waals surface area contributed by atoms with Gasteiger partial charge in [0.2, 0.25) is 5.89 Å². The van der Waals surface area contributed by atoms with E-state index in [0.29, 0.717) is 13.0 Å². The number of piperidine rings is 1. The van der Waals surface area contributed by atoms with E-state index in [9.17, 15) is 36.6 Å². The topological polar surface area (TPSA) is 113 Å². The maximum absolute atomic E-state index is 13.7. The molecule has 3 heterocycles. The van der Waals surface area contributed by atoms with Crippen LogP contribution >= 0.6 is 0 Å². The molecule has 9 nitrogen and oxygen atoms in total. The van der Waals surface area contributed by atoms with Gasteiger partial charge in [-0.15, -0.1) is 0 Å². The summed E-state index contributed by atoms with van der Waals surface area (Å²) in [5, 5.41) is 15.9. The number of hydrogen-bond donors (Lipinski definition) is 2. The molecule has 38 heavy (non-hydrogen) atoms. The quantitative estimate of drug-likeness (QED) is 0.390. The van der Waals surface area contributed by atoms with Crippen molar-refractivity contribution in [3.05, 3.63) is 54.0 Å². The zero-order chi connectivity index (χ0) is 27.5. The average Bonchev–Trinajstić information content (AvgIpc) is 3.51. The number of alkyl halides is 5. The van der Waals surface area contributed by atoms with Gasteiger partial charge in [-0.05, 0) is 31.5 Å². The zero-order valence-electron chi connectivity index (χ0n) is 19.9. The van der Waals surface area contributed by atoms with E-state index < -0.39 is 48.5 Å². The smallest absolute Gasteiger partial charge is 0.418 e. The highest BCUT2D eigenvalue weighted by atomic mass is 19.4. The first-order chi connectivity index (χ1) is 17.9. The molecule has 3 aromatic rings. The number of halogens is 5. The first-order valence-electron chi connectivity index (χ1n) is 11.7. The highest BCUT2D eigenvalue weighted by Gasteiger charge is 2.36. The maximum Gasteiger partial charge on any atom is 0.418 e. The number of aliphatic carboxylic acids is 1. The van der Waals surface area contributed by atoms with Crippen LogP contribution in [0, 0.1) is 0 Å². The van der Waals surface area contributed by atoms with Crippen LogP contribution in [0.1, 0.15) is 41.7 Å². The SMILES string of the molecule is O=C(O)CC(CCN1CCCC(F)(F)C1)NC(=O)c1cc(-c2ncco2)n(-c2ccccc2C(F)(F)F)n1. The number of amides is 1. The molecule has 1 unspecified atom stereocenters. The number of nitrogens with one attached hydrogen (secondary N) is 1. The van der Waals surface area contributed by atoms with Crippen molar-refractivity contribution in [2.75, 3.05) is 19.6 Å². The molecule has 1 atom stereocenters. The number of hydrogen-bond acceptors (Lipinski definition) is 6. The first kappa shape index (κ1) is 27.2. The molecule has 14 heteroatoms. The molecule has 1 amide bonds. The van der Waals surface area contributed by atoms with E-state index in [-0.39, 0.29) is 42.4 Å². The third kappa shape index (κ3) is 6.54. The van der Waals surface area contributed by atoms with Gasteiger partial charge in [0.05, 0.1) is 30.4 Å². The van der Waals surface area contributed by atoms with Crippen LogP contribution in [0.4, 0.5) is 22.0 Å². The standard InChI is InChI=1S/C24H24F5N5O4/c25-23(26)7-3-9-33(14-23)10-6-15(12-20(35)36)31-21(37)17-13-19(22-30-8-11-38-22)34(32-17)18-5-2-1-4-16(18)24(27,28)29/h1-2,4-5,8,11,13,15H,3,6-7,9-10,12,14H2,(H,31,37)(H,35,36). The van der Waals surface area contributed by atoms with Gasteiger partial charge < -0.3 is 14.8 Å². The Kier molecular flexibility index (Phi) is 7.81. The van der Waals surface area contributed by atoms with Gasteiger partial charge in [0.25, 0.3) is 11.8 Å². The lowest BCUT2D eigenvalue weighted by atomic mass is 10.1. The molecular weight excluding hydrogens is 517 g/mol. The Morgan fingerprint density at radius 3 is 2.66 bits per heavy atom. The van der Waals surface area contributed by atoms with Gasteiger partial charge in [-0.1, -0.05) is 12.1 Å². The van der Waals surface area contributed by atoms with E-state index in [1.54, 1.807) is 0 Å². The molecule has 0 bridgehead atoms. The van der Waals surface area contributed by atoms with Crippen molar-refractivity contribution in [1.82, 2.24) is 25.0 Å². The Balaban J connectivity index is 1.59. The zero-order valence-corrected chi connectivity index (χ0v) is 19.9. The predicted octanol–water partition coefficient (Wildman–Crippen LogP) is 4.24. The third-order valence-corrected chi connectivity index (χ3v) is 6.05. The number of rotatable bonds is 9. The number of benzene rings is 1. The van der Waals surface area contributed by atoms with E-state index >= 15 is 0 Å². The molecule has 0 saturated carbocycles. The van der Waals surface area contributed by atoms with Gasteiger partial charge in [0.15, 0.2) is 5.69 Å². The van der Waals surface area contributed by atoms with Crippen molar-refractivity contribution < 1.29 is 41.1 Å². The van der Waals surface area contributed by atoms with Gasteiger partial charge in [-0.2, -0.15) is 18.3 Å². The molecule has 1 aliphatic heterocycles. The molecule has 0 spiro atoms. The Morgan fingerprint density at radius 1 is 1.24 bits per heavy atom. The number of likely N-dealkylation sites (tertiary alicyclic amines) is 1. The summed E-state index contributed by atoms with van der Waals surface area (Å²) in [6.07, 6.45) is -2.59. The monoisotopic (exact) mass is 541 g/mol. The number of nitrogens with zero attached hydrogens (tertiary/aromatic N) is 4. The minimum absolute atomic E-state index is 0.0396. The molecule has 204 valence electrons. The van der Waals surface area contributed by atoms with Gasteiger partial charge in [0.1, 0.15) is 12.0 Å². The number of carbonyl (C=O) groups excluding carboxylic acids is 1. The fourth-order valence-electron chi connectivity index (χ4n) is 4.35. The highest BCUT2D eigenvalue weighted by molar-refractivity contribution is 5.93. The van der Waals surface area contributed by atoms with Crippen molar-refractivity contribution >= 4 is 11.9 Å². The summed E-state index contributed by atoms with van der Waals surface area (Å²) in [5.41, 5.74) is -1.73. The number of carbonyl (C=O) groups is 2. The second kappa shape index (κ2) is 10.9. The van der Waals surface area contributed by atoms with E-state index in [1.165, 1.54) is 41.6 Å². The fourth-order valence-corrected chi connectivity index (χ4v) is 4.35. The average molecular weight is 541 g/mol. The Bertz CT molecular complexity index is 1280. The van der Waals surface area contributed by atoms with Crippen LogP contribution in [0.5, 0.6) is 0 Å². The Morgan fingerprint density at radius 2 is 2.00 bits per heavy atom. The van der Waals surface area contributed by atoms with Crippen LogP contribution in [0.2, 0.25) is 0 Å². The van der Waals surface area contributed by atoms with Crippen molar-refractivity contribution in [3.63, 3.8) is 0 Å². The summed E-state index contributed by atoms with van der Waals surface area (Å²) in [5.74, 6) is -5.00. The van der Waals surface area contributed by atoms with E-state index in [0.717, 1.165) is 10.7 Å². The summed E-state index contributed by atoms with van der Waals surface area (Å²) in [6.45, 7) is 0.0951. The van der Waals surface area contributed by atoms with Gasteiger partial charge in [-0.25, -0.2) is 18.4 Å². The largest absolute Gasteiger partial charge is 0.481 e. The Labute approximate surface area is 213 Å². The highest BCUT2D eigenvalue weighted by Crippen LogP contribution is 2.35. The van der Waals surface area contributed by atoms with Crippen LogP contribution in [-0.2, 0) is 11.0 Å². The second-order valence-electron chi connectivity index (χ2n) is 8.97. The molecule has 1 aromatic carbocycles. The molecule has 0 radical (unpaired) electrons. The molecular formula is C24H24F5N5O4. The van der Waals surface area contributed by atoms with Gasteiger partial charge >= 0.3 is 12.1 Å². The third-order valence-electron chi connectivity index (χ3n) is 6.05. The summed E-state index contributed by atoms with van der Waals surface area (Å²) in [4.78, 5) is 29.9. The van der Waals surface area contributed by atoms with Crippen LogP contribution in [0.15, 0.2) is 47.2 Å². The Hall–Kier alpha value is -3.81. The summed E-state index contributed by atoms with van der Waals surface area (Å²) in [6, 6.07) is 4.86. The number of oxazole rings is 1. The molecule has 2 N–H and O–H groups in total. The summed E-state index contributed by atoms with van der Waals surface area (Å²) < 4.78 is 74.6. The maximum atomic E-state index is 13.7. The van der Waals surface area contributed by atoms with Crippen molar-refractivity contribution in [3.8, 4) is 17.3 Å². The van der Waals surface area contributed by atoms with Gasteiger partial charge in [0, 0.05) is 25.1 Å². The van der Waals surface area contributed by atoms with Crippen molar-refractivity contribution in [2.45, 2.75) is 43.8 Å². The predicted molar refractivity (Wildman–Crippen MR) is 123 cm³/mol. The lowest BCUT2D eigenvalue weighted by Crippen LogP contribution is -2.45. The minimum Gasteiger partial charge on any atom is -0.481 e. The fraction of sp³-hybridized carbons (Fsp3) is 0.417. The van der Waals surface area contributed by atoms with Crippen LogP contribution in [0.25, 0.3) is 17.3 Å². The number of carboxylic acids is 1. The van der Waals surface area contributed by atoms with Crippen LogP contribution in [0.3, 0.4) is 0 Å². The number of carboxylic acid groups (broad SMARTS) is 1. The lowest BCUT2D eigenvalue weighted by Gasteiger charge is -2.33. The molecule has 1 saturated heterocycles. The molecule has 1 aliphatic rings. The second-order valence-corrected chi connectivity index (χ2v) is 8.97. The van der Waals surface area contributed by atoms with Crippen molar-refractivity contribution in [2.24, 2.45) is 0 Å². The van der Waals surface area contributed by atoms with E-state index in [1.807, 2.05) is 0 Å².